The monoisotopic (exact) mass is 251 g/mol. The summed E-state index contributed by atoms with van der Waals surface area (Å²) in [6.07, 6.45) is 1.19. The van der Waals surface area contributed by atoms with Gasteiger partial charge in [-0.05, 0) is 19.1 Å². The molecule has 2 aromatic rings. The van der Waals surface area contributed by atoms with Gasteiger partial charge in [-0.3, -0.25) is 0 Å². The molecule has 88 valence electrons. The van der Waals surface area contributed by atoms with E-state index in [0.717, 1.165) is 0 Å². The lowest BCUT2D eigenvalue weighted by atomic mass is 10.1. The second-order valence-corrected chi connectivity index (χ2v) is 3.85. The molecule has 2 rings (SSSR count). The van der Waals surface area contributed by atoms with Gasteiger partial charge in [-0.25, -0.2) is 4.79 Å². The molecule has 1 heterocycles. The molecule has 17 heavy (non-hydrogen) atoms. The number of hydrogen-bond donors (Lipinski definition) is 0. The quantitative estimate of drug-likeness (QED) is 0.468. The number of rotatable bonds is 2. The predicted molar refractivity (Wildman–Crippen MR) is 63.9 cm³/mol. The van der Waals surface area contributed by atoms with E-state index in [0.29, 0.717) is 20.7 Å². The summed E-state index contributed by atoms with van der Waals surface area (Å²) in [5, 5.41) is 12.7. The maximum absolute atomic E-state index is 11.7. The van der Waals surface area contributed by atoms with E-state index in [9.17, 15) is 10.0 Å². The van der Waals surface area contributed by atoms with Gasteiger partial charge in [-0.2, -0.15) is 4.73 Å². The van der Waals surface area contributed by atoms with Gasteiger partial charge < -0.3 is 9.94 Å². The number of benzene rings is 1. The van der Waals surface area contributed by atoms with Crippen molar-refractivity contribution in [2.45, 2.75) is 6.92 Å². The first-order chi connectivity index (χ1) is 8.13. The van der Waals surface area contributed by atoms with Crippen LogP contribution in [0, 0.1) is 5.21 Å². The zero-order valence-corrected chi connectivity index (χ0v) is 9.90. The van der Waals surface area contributed by atoms with Gasteiger partial charge in [-0.1, -0.05) is 17.7 Å². The molecule has 0 N–H and O–H groups in total. The highest BCUT2D eigenvalue weighted by Crippen LogP contribution is 2.21. The van der Waals surface area contributed by atoms with E-state index in [-0.39, 0.29) is 12.2 Å². The molecule has 0 spiro atoms. The Balaban J connectivity index is 2.62. The second kappa shape index (κ2) is 4.59. The molecule has 0 aliphatic rings. The molecular formula is C12H10ClNO3. The molecule has 0 saturated heterocycles. The van der Waals surface area contributed by atoms with Crippen molar-refractivity contribution in [3.63, 3.8) is 0 Å². The smallest absolute Gasteiger partial charge is 0.344 e. The molecule has 0 radical (unpaired) electrons. The molecule has 0 fully saturated rings. The van der Waals surface area contributed by atoms with Gasteiger partial charge in [0.1, 0.15) is 5.56 Å². The molecule has 0 aliphatic heterocycles. The fourth-order valence-corrected chi connectivity index (χ4v) is 1.80. The van der Waals surface area contributed by atoms with Crippen LogP contribution in [0.5, 0.6) is 0 Å². The maximum Gasteiger partial charge on any atom is 0.344 e. The Morgan fingerprint density at radius 2 is 2.29 bits per heavy atom. The van der Waals surface area contributed by atoms with Gasteiger partial charge in [0.2, 0.25) is 5.52 Å². The Labute approximate surface area is 103 Å². The standard InChI is InChI=1S/C12H10ClNO3/c1-2-17-12(15)8-6-9-10(13)4-3-5-11(9)14(16)7-8/h3-7H,2H2,1H3. The van der Waals surface area contributed by atoms with Gasteiger partial charge in [0.15, 0.2) is 6.20 Å². The van der Waals surface area contributed by atoms with E-state index in [1.54, 1.807) is 31.2 Å². The van der Waals surface area contributed by atoms with Crippen LogP contribution in [0.15, 0.2) is 30.5 Å². The zero-order chi connectivity index (χ0) is 12.4. The van der Waals surface area contributed by atoms with Crippen LogP contribution in [0.4, 0.5) is 0 Å². The molecule has 0 bridgehead atoms. The van der Waals surface area contributed by atoms with Gasteiger partial charge in [0.25, 0.3) is 0 Å². The number of hydrogen-bond acceptors (Lipinski definition) is 3. The minimum Gasteiger partial charge on any atom is -0.618 e. The van der Waals surface area contributed by atoms with Crippen LogP contribution in [0.25, 0.3) is 10.9 Å². The van der Waals surface area contributed by atoms with Crippen molar-refractivity contribution in [2.75, 3.05) is 6.61 Å². The summed E-state index contributed by atoms with van der Waals surface area (Å²) in [5.74, 6) is -0.529. The van der Waals surface area contributed by atoms with Gasteiger partial charge in [0.05, 0.1) is 17.0 Å². The highest BCUT2D eigenvalue weighted by atomic mass is 35.5. The molecule has 0 atom stereocenters. The van der Waals surface area contributed by atoms with E-state index < -0.39 is 5.97 Å². The molecule has 0 amide bonds. The molecule has 0 saturated carbocycles. The number of carbonyl (C=O) groups excluding carboxylic acids is 1. The van der Waals surface area contributed by atoms with Gasteiger partial charge in [-0.15, -0.1) is 0 Å². The van der Waals surface area contributed by atoms with Crippen LogP contribution < -0.4 is 4.73 Å². The summed E-state index contributed by atoms with van der Waals surface area (Å²) in [6, 6.07) is 6.55. The SMILES string of the molecule is CCOC(=O)c1cc2c(Cl)cccc2[n+]([O-])c1. The molecule has 1 aromatic carbocycles. The lowest BCUT2D eigenvalue weighted by molar-refractivity contribution is -0.577. The second-order valence-electron chi connectivity index (χ2n) is 3.45. The van der Waals surface area contributed by atoms with Gasteiger partial charge in [0, 0.05) is 6.07 Å². The molecule has 0 aliphatic carbocycles. The van der Waals surface area contributed by atoms with Crippen molar-refractivity contribution < 1.29 is 14.3 Å². The first-order valence-corrected chi connectivity index (χ1v) is 5.50. The number of esters is 1. The van der Waals surface area contributed by atoms with E-state index in [2.05, 4.69) is 0 Å². The number of carbonyl (C=O) groups is 1. The van der Waals surface area contributed by atoms with Crippen molar-refractivity contribution in [1.29, 1.82) is 0 Å². The van der Waals surface area contributed by atoms with E-state index in [1.165, 1.54) is 6.20 Å². The van der Waals surface area contributed by atoms with Crippen LogP contribution in [0.1, 0.15) is 17.3 Å². The number of halogens is 1. The summed E-state index contributed by atoms with van der Waals surface area (Å²) in [5.41, 5.74) is 0.619. The maximum atomic E-state index is 11.7. The van der Waals surface area contributed by atoms with E-state index in [1.807, 2.05) is 0 Å². The first kappa shape index (κ1) is 11.7. The topological polar surface area (TPSA) is 53.2 Å². The van der Waals surface area contributed by atoms with Crippen molar-refractivity contribution in [2.24, 2.45) is 0 Å². The number of pyridine rings is 1. The third-order valence-corrected chi connectivity index (χ3v) is 2.66. The van der Waals surface area contributed by atoms with Crippen LogP contribution >= 0.6 is 11.6 Å². The lowest BCUT2D eigenvalue weighted by Gasteiger charge is -2.06. The summed E-state index contributed by atoms with van der Waals surface area (Å²) in [4.78, 5) is 11.5. The Hall–Kier alpha value is -1.81. The Bertz CT molecular complexity index is 583. The van der Waals surface area contributed by atoms with Crippen LogP contribution in [-0.2, 0) is 4.74 Å². The Morgan fingerprint density at radius 1 is 1.53 bits per heavy atom. The Kier molecular flexibility index (Phi) is 3.15. The largest absolute Gasteiger partial charge is 0.618 e. The summed E-state index contributed by atoms with van der Waals surface area (Å²) in [7, 11) is 0. The average Bonchev–Trinajstić information content (AvgIpc) is 2.30. The number of aromatic nitrogens is 1. The third-order valence-electron chi connectivity index (χ3n) is 2.33. The van der Waals surface area contributed by atoms with Crippen LogP contribution in [0.3, 0.4) is 0 Å². The third kappa shape index (κ3) is 2.17. The summed E-state index contributed by atoms with van der Waals surface area (Å²) in [6.45, 7) is 1.97. The fraction of sp³-hybridized carbons (Fsp3) is 0.167. The predicted octanol–water partition coefficient (Wildman–Crippen LogP) is 2.30. The molecular weight excluding hydrogens is 242 g/mol. The molecule has 5 heteroatoms. The highest BCUT2D eigenvalue weighted by Gasteiger charge is 2.15. The van der Waals surface area contributed by atoms with Crippen molar-refractivity contribution in [3.8, 4) is 0 Å². The Morgan fingerprint density at radius 3 is 3.00 bits per heavy atom. The minimum atomic E-state index is -0.529. The molecule has 0 unspecified atom stereocenters. The number of fused-ring (bicyclic) bond motifs is 1. The molecule has 1 aromatic heterocycles. The highest BCUT2D eigenvalue weighted by molar-refractivity contribution is 6.35. The average molecular weight is 252 g/mol. The summed E-state index contributed by atoms with van der Waals surface area (Å²) < 4.78 is 5.46. The number of ether oxygens (including phenoxy) is 1. The van der Waals surface area contributed by atoms with Crippen molar-refractivity contribution in [1.82, 2.24) is 0 Å². The first-order valence-electron chi connectivity index (χ1n) is 5.12. The normalized spacial score (nSPS) is 10.5. The molecule has 4 nitrogen and oxygen atoms in total. The lowest BCUT2D eigenvalue weighted by Crippen LogP contribution is -2.28. The minimum absolute atomic E-state index is 0.197. The van der Waals surface area contributed by atoms with Crippen molar-refractivity contribution in [3.05, 3.63) is 46.3 Å². The van der Waals surface area contributed by atoms with Crippen molar-refractivity contribution >= 4 is 28.5 Å². The van der Waals surface area contributed by atoms with E-state index in [4.69, 9.17) is 16.3 Å². The van der Waals surface area contributed by atoms with Crippen LogP contribution in [0.2, 0.25) is 5.02 Å². The summed E-state index contributed by atoms with van der Waals surface area (Å²) >= 11 is 5.98. The van der Waals surface area contributed by atoms with Crippen LogP contribution in [-0.4, -0.2) is 12.6 Å². The number of nitrogens with zero attached hydrogens (tertiary/aromatic N) is 1. The van der Waals surface area contributed by atoms with E-state index >= 15 is 0 Å². The zero-order valence-electron chi connectivity index (χ0n) is 9.14. The van der Waals surface area contributed by atoms with Gasteiger partial charge >= 0.3 is 5.97 Å². The fourth-order valence-electron chi connectivity index (χ4n) is 1.58.